The maximum absolute atomic E-state index is 12.6. The van der Waals surface area contributed by atoms with Crippen LogP contribution in [0.2, 0.25) is 5.02 Å². The lowest BCUT2D eigenvalue weighted by molar-refractivity contribution is 0.102. The number of nitrogens with zero attached hydrogens (tertiary/aromatic N) is 1. The number of anilines is 2. The molecular weight excluding hydrogens is 422 g/mol. The Labute approximate surface area is 189 Å². The van der Waals surface area contributed by atoms with Gasteiger partial charge in [-0.1, -0.05) is 29.8 Å². The highest BCUT2D eigenvalue weighted by Crippen LogP contribution is 2.32. The fourth-order valence-electron chi connectivity index (χ4n) is 3.56. The Kier molecular flexibility index (Phi) is 5.09. The predicted octanol–water partition coefficient (Wildman–Crippen LogP) is 6.67. The van der Waals surface area contributed by atoms with Crippen molar-refractivity contribution in [1.29, 1.82) is 0 Å². The number of hydrogen-bond donors (Lipinski definition) is 2. The first-order chi connectivity index (χ1) is 15.5. The van der Waals surface area contributed by atoms with Crippen LogP contribution in [0.25, 0.3) is 21.7 Å². The number of nitrogens with two attached hydrogens (primary N) is 1. The minimum Gasteiger partial charge on any atom is -0.457 e. The number of fused-ring (bicyclic) bond motifs is 2. The van der Waals surface area contributed by atoms with E-state index in [1.807, 2.05) is 48.5 Å². The first kappa shape index (κ1) is 19.8. The maximum atomic E-state index is 12.6. The van der Waals surface area contributed by atoms with E-state index in [2.05, 4.69) is 10.3 Å². The number of pyridine rings is 1. The lowest BCUT2D eigenvalue weighted by Crippen LogP contribution is -2.11. The van der Waals surface area contributed by atoms with Crippen LogP contribution in [0.15, 0.2) is 91.1 Å². The number of halogens is 1. The Hall–Kier alpha value is -4.09. The van der Waals surface area contributed by atoms with Crippen LogP contribution in [-0.4, -0.2) is 10.9 Å². The third kappa shape index (κ3) is 4.06. The molecule has 0 spiro atoms. The normalized spacial score (nSPS) is 10.9. The third-order valence-electron chi connectivity index (χ3n) is 5.11. The summed E-state index contributed by atoms with van der Waals surface area (Å²) in [5.41, 5.74) is 8.37. The quantitative estimate of drug-likeness (QED) is 0.306. The molecule has 0 unspecified atom stereocenters. The molecule has 0 bridgehead atoms. The summed E-state index contributed by atoms with van der Waals surface area (Å²) in [7, 11) is 0. The fraction of sp³-hybridized carbons (Fsp3) is 0. The Morgan fingerprint density at radius 2 is 1.75 bits per heavy atom. The molecule has 0 aliphatic rings. The van der Waals surface area contributed by atoms with Crippen molar-refractivity contribution in [2.45, 2.75) is 0 Å². The average Bonchev–Trinajstić information content (AvgIpc) is 2.78. The van der Waals surface area contributed by atoms with E-state index < -0.39 is 0 Å². The minimum absolute atomic E-state index is 0.195. The summed E-state index contributed by atoms with van der Waals surface area (Å²) in [6.07, 6.45) is 1.69. The smallest absolute Gasteiger partial charge is 0.255 e. The molecule has 0 atom stereocenters. The van der Waals surface area contributed by atoms with Crippen LogP contribution in [0.5, 0.6) is 11.5 Å². The van der Waals surface area contributed by atoms with E-state index in [4.69, 9.17) is 22.1 Å². The molecule has 5 aromatic rings. The van der Waals surface area contributed by atoms with Gasteiger partial charge in [0.2, 0.25) is 0 Å². The van der Waals surface area contributed by atoms with Crippen molar-refractivity contribution in [2.24, 2.45) is 0 Å². The van der Waals surface area contributed by atoms with Gasteiger partial charge in [0, 0.05) is 33.5 Å². The number of hydrogen-bond acceptors (Lipinski definition) is 4. The van der Waals surface area contributed by atoms with Crippen molar-refractivity contribution in [3.8, 4) is 11.5 Å². The number of rotatable bonds is 4. The van der Waals surface area contributed by atoms with Gasteiger partial charge in [-0.05, 0) is 77.5 Å². The second-order valence-corrected chi connectivity index (χ2v) is 7.81. The molecule has 3 N–H and O–H groups in total. The van der Waals surface area contributed by atoms with E-state index in [-0.39, 0.29) is 5.91 Å². The molecule has 1 aromatic heterocycles. The molecule has 1 amide bonds. The van der Waals surface area contributed by atoms with E-state index in [1.165, 1.54) is 0 Å². The second-order valence-electron chi connectivity index (χ2n) is 7.38. The molecule has 0 aliphatic carbocycles. The van der Waals surface area contributed by atoms with Crippen molar-refractivity contribution in [2.75, 3.05) is 11.1 Å². The van der Waals surface area contributed by atoms with Gasteiger partial charge in [-0.2, -0.15) is 0 Å². The lowest BCUT2D eigenvalue weighted by Gasteiger charge is -2.10. The van der Waals surface area contributed by atoms with Crippen molar-refractivity contribution < 1.29 is 9.53 Å². The number of benzene rings is 4. The molecule has 1 heterocycles. The molecule has 5 nitrogen and oxygen atoms in total. The van der Waals surface area contributed by atoms with Crippen molar-refractivity contribution in [3.63, 3.8) is 0 Å². The van der Waals surface area contributed by atoms with Crippen LogP contribution in [0, 0.1) is 0 Å². The van der Waals surface area contributed by atoms with Crippen molar-refractivity contribution >= 4 is 50.6 Å². The summed E-state index contributed by atoms with van der Waals surface area (Å²) in [6.45, 7) is 0. The highest BCUT2D eigenvalue weighted by atomic mass is 35.5. The predicted molar refractivity (Wildman–Crippen MR) is 130 cm³/mol. The largest absolute Gasteiger partial charge is 0.457 e. The summed E-state index contributed by atoms with van der Waals surface area (Å²) in [5.74, 6) is 1.20. The monoisotopic (exact) mass is 439 g/mol. The Balaban J connectivity index is 1.40. The summed E-state index contributed by atoms with van der Waals surface area (Å²) in [5, 5.41) is 6.27. The number of aromatic nitrogens is 1. The van der Waals surface area contributed by atoms with E-state index in [0.717, 1.165) is 21.7 Å². The van der Waals surface area contributed by atoms with Gasteiger partial charge < -0.3 is 15.8 Å². The van der Waals surface area contributed by atoms with Crippen LogP contribution in [0.3, 0.4) is 0 Å². The summed E-state index contributed by atoms with van der Waals surface area (Å²) in [6, 6.07) is 25.7. The standard InChI is InChI=1S/C26H18ClN3O2/c27-19-7-9-23-24(14-19)29-11-10-25(23)32-22-8-6-16-12-18(5-4-17(16)13-22)26(31)30-21-3-1-2-20(28)15-21/h1-15H,28H2,(H,30,31). The molecule has 156 valence electrons. The number of carbonyl (C=O) groups is 1. The van der Waals surface area contributed by atoms with Crippen LogP contribution in [-0.2, 0) is 0 Å². The van der Waals surface area contributed by atoms with Gasteiger partial charge in [0.15, 0.2) is 0 Å². The zero-order chi connectivity index (χ0) is 22.1. The highest BCUT2D eigenvalue weighted by Gasteiger charge is 2.09. The molecule has 0 saturated heterocycles. The number of amides is 1. The first-order valence-corrected chi connectivity index (χ1v) is 10.4. The number of nitrogen functional groups attached to an aromatic ring is 1. The maximum Gasteiger partial charge on any atom is 0.255 e. The van der Waals surface area contributed by atoms with Gasteiger partial charge in [-0.15, -0.1) is 0 Å². The first-order valence-electron chi connectivity index (χ1n) is 9.98. The molecule has 4 aromatic carbocycles. The Bertz CT molecular complexity index is 1480. The highest BCUT2D eigenvalue weighted by molar-refractivity contribution is 6.31. The molecule has 6 heteroatoms. The molecule has 5 rings (SSSR count). The number of carbonyl (C=O) groups excluding carboxylic acids is 1. The summed E-state index contributed by atoms with van der Waals surface area (Å²) >= 11 is 6.07. The fourth-order valence-corrected chi connectivity index (χ4v) is 3.73. The summed E-state index contributed by atoms with van der Waals surface area (Å²) in [4.78, 5) is 17.0. The van der Waals surface area contributed by atoms with E-state index in [0.29, 0.717) is 33.5 Å². The third-order valence-corrected chi connectivity index (χ3v) is 5.35. The van der Waals surface area contributed by atoms with E-state index in [9.17, 15) is 4.79 Å². The Morgan fingerprint density at radius 3 is 2.62 bits per heavy atom. The number of nitrogens with one attached hydrogen (secondary N) is 1. The Morgan fingerprint density at radius 1 is 0.906 bits per heavy atom. The van der Waals surface area contributed by atoms with Gasteiger partial charge in [-0.3, -0.25) is 9.78 Å². The van der Waals surface area contributed by atoms with E-state index >= 15 is 0 Å². The van der Waals surface area contributed by atoms with E-state index in [1.54, 1.807) is 42.6 Å². The van der Waals surface area contributed by atoms with Gasteiger partial charge in [0.05, 0.1) is 5.52 Å². The summed E-state index contributed by atoms with van der Waals surface area (Å²) < 4.78 is 6.13. The van der Waals surface area contributed by atoms with Crippen LogP contribution >= 0.6 is 11.6 Å². The van der Waals surface area contributed by atoms with Gasteiger partial charge in [0.1, 0.15) is 11.5 Å². The molecular formula is C26H18ClN3O2. The molecule has 32 heavy (non-hydrogen) atoms. The van der Waals surface area contributed by atoms with Gasteiger partial charge in [0.25, 0.3) is 5.91 Å². The topological polar surface area (TPSA) is 77.2 Å². The average molecular weight is 440 g/mol. The molecule has 0 radical (unpaired) electrons. The lowest BCUT2D eigenvalue weighted by atomic mass is 10.1. The van der Waals surface area contributed by atoms with Crippen molar-refractivity contribution in [3.05, 3.63) is 102 Å². The molecule has 0 aliphatic heterocycles. The zero-order valence-corrected chi connectivity index (χ0v) is 17.6. The second kappa shape index (κ2) is 8.21. The molecule has 0 fully saturated rings. The van der Waals surface area contributed by atoms with Crippen LogP contribution in [0.1, 0.15) is 10.4 Å². The zero-order valence-electron chi connectivity index (χ0n) is 16.9. The van der Waals surface area contributed by atoms with Crippen LogP contribution < -0.4 is 15.8 Å². The van der Waals surface area contributed by atoms with Gasteiger partial charge >= 0.3 is 0 Å². The minimum atomic E-state index is -0.195. The molecule has 0 saturated carbocycles. The van der Waals surface area contributed by atoms with Gasteiger partial charge in [-0.25, -0.2) is 0 Å². The number of ether oxygens (including phenoxy) is 1. The van der Waals surface area contributed by atoms with Crippen LogP contribution in [0.4, 0.5) is 11.4 Å². The van der Waals surface area contributed by atoms with Crippen molar-refractivity contribution in [1.82, 2.24) is 4.98 Å². The SMILES string of the molecule is Nc1cccc(NC(=O)c2ccc3cc(Oc4ccnc5cc(Cl)ccc45)ccc3c2)c1.